The maximum Gasteiger partial charge on any atom is 0.0515 e. The third-order valence-corrected chi connectivity index (χ3v) is 4.66. The van der Waals surface area contributed by atoms with E-state index >= 15 is 0 Å². The standard InChI is InChI=1S/C17H24N2/c1-12-9-14-11-15(17(2,3)6-7-18)10-13-5-4-8-19(12)16(13)14/h9-11H,4-8,18H2,1-3H3. The van der Waals surface area contributed by atoms with E-state index in [1.165, 1.54) is 47.1 Å². The lowest BCUT2D eigenvalue weighted by Crippen LogP contribution is -2.22. The van der Waals surface area contributed by atoms with Gasteiger partial charge in [0.2, 0.25) is 0 Å². The largest absolute Gasteiger partial charge is 0.345 e. The third kappa shape index (κ3) is 1.99. The van der Waals surface area contributed by atoms with Gasteiger partial charge in [-0.25, -0.2) is 0 Å². The molecule has 1 aliphatic heterocycles. The maximum absolute atomic E-state index is 5.77. The molecule has 0 fully saturated rings. The fourth-order valence-electron chi connectivity index (χ4n) is 3.44. The van der Waals surface area contributed by atoms with E-state index in [2.05, 4.69) is 43.5 Å². The monoisotopic (exact) mass is 256 g/mol. The van der Waals surface area contributed by atoms with Crippen LogP contribution in [0, 0.1) is 6.92 Å². The van der Waals surface area contributed by atoms with Gasteiger partial charge in [-0.1, -0.05) is 19.9 Å². The quantitative estimate of drug-likeness (QED) is 0.895. The van der Waals surface area contributed by atoms with Crippen molar-refractivity contribution in [1.82, 2.24) is 4.57 Å². The Morgan fingerprint density at radius 3 is 2.79 bits per heavy atom. The molecular formula is C17H24N2. The van der Waals surface area contributed by atoms with Gasteiger partial charge in [0.15, 0.2) is 0 Å². The molecule has 0 saturated heterocycles. The summed E-state index contributed by atoms with van der Waals surface area (Å²) in [6.07, 6.45) is 3.52. The van der Waals surface area contributed by atoms with E-state index in [0.29, 0.717) is 0 Å². The first-order valence-electron chi connectivity index (χ1n) is 7.36. The summed E-state index contributed by atoms with van der Waals surface area (Å²) in [6, 6.07) is 7.14. The summed E-state index contributed by atoms with van der Waals surface area (Å²) in [7, 11) is 0. The molecule has 0 radical (unpaired) electrons. The van der Waals surface area contributed by atoms with Gasteiger partial charge in [-0.15, -0.1) is 0 Å². The molecule has 2 nitrogen and oxygen atoms in total. The van der Waals surface area contributed by atoms with Crippen molar-refractivity contribution in [3.05, 3.63) is 35.0 Å². The number of hydrogen-bond acceptors (Lipinski definition) is 1. The molecule has 0 aliphatic carbocycles. The third-order valence-electron chi connectivity index (χ3n) is 4.66. The van der Waals surface area contributed by atoms with E-state index in [1.54, 1.807) is 0 Å². The summed E-state index contributed by atoms with van der Waals surface area (Å²) in [6.45, 7) is 8.76. The second-order valence-electron chi connectivity index (χ2n) is 6.54. The predicted molar refractivity (Wildman–Crippen MR) is 81.7 cm³/mol. The van der Waals surface area contributed by atoms with E-state index in [-0.39, 0.29) is 5.41 Å². The minimum atomic E-state index is 0.174. The Morgan fingerprint density at radius 1 is 1.26 bits per heavy atom. The van der Waals surface area contributed by atoms with Gasteiger partial charge < -0.3 is 10.3 Å². The van der Waals surface area contributed by atoms with Crippen LogP contribution in [0.3, 0.4) is 0 Å². The fourth-order valence-corrected chi connectivity index (χ4v) is 3.44. The molecule has 2 aromatic rings. The molecule has 3 rings (SSSR count). The number of benzene rings is 1. The zero-order valence-corrected chi connectivity index (χ0v) is 12.3. The highest BCUT2D eigenvalue weighted by molar-refractivity contribution is 5.86. The number of nitrogens with two attached hydrogens (primary N) is 1. The molecule has 2 heteroatoms. The molecule has 1 aromatic carbocycles. The Hall–Kier alpha value is -1.28. The van der Waals surface area contributed by atoms with Crippen molar-refractivity contribution in [3.63, 3.8) is 0 Å². The van der Waals surface area contributed by atoms with Crippen molar-refractivity contribution in [3.8, 4) is 0 Å². The van der Waals surface area contributed by atoms with Crippen LogP contribution in [0.2, 0.25) is 0 Å². The average Bonchev–Trinajstić information content (AvgIpc) is 2.68. The topological polar surface area (TPSA) is 30.9 Å². The highest BCUT2D eigenvalue weighted by atomic mass is 15.0. The van der Waals surface area contributed by atoms with Gasteiger partial charge in [-0.05, 0) is 61.4 Å². The lowest BCUT2D eigenvalue weighted by Gasteiger charge is -2.27. The summed E-state index contributed by atoms with van der Waals surface area (Å²) in [5, 5.41) is 1.41. The number of aromatic nitrogens is 1. The molecule has 0 atom stereocenters. The predicted octanol–water partition coefficient (Wildman–Crippen LogP) is 3.52. The summed E-state index contributed by atoms with van der Waals surface area (Å²) in [5.74, 6) is 0. The molecule has 1 aromatic heterocycles. The van der Waals surface area contributed by atoms with Crippen LogP contribution in [0.4, 0.5) is 0 Å². The molecule has 0 unspecified atom stereocenters. The van der Waals surface area contributed by atoms with Crippen LogP contribution >= 0.6 is 0 Å². The lowest BCUT2D eigenvalue weighted by atomic mass is 9.80. The molecule has 102 valence electrons. The first-order chi connectivity index (χ1) is 9.03. The minimum absolute atomic E-state index is 0.174. The van der Waals surface area contributed by atoms with Gasteiger partial charge in [-0.2, -0.15) is 0 Å². The molecule has 19 heavy (non-hydrogen) atoms. The number of rotatable bonds is 3. The highest BCUT2D eigenvalue weighted by Gasteiger charge is 2.23. The van der Waals surface area contributed by atoms with Gasteiger partial charge in [0.1, 0.15) is 0 Å². The average molecular weight is 256 g/mol. The molecule has 0 saturated carbocycles. The van der Waals surface area contributed by atoms with Gasteiger partial charge in [0, 0.05) is 17.6 Å². The van der Waals surface area contributed by atoms with Gasteiger partial charge in [0.25, 0.3) is 0 Å². The Balaban J connectivity index is 2.20. The van der Waals surface area contributed by atoms with Gasteiger partial charge in [-0.3, -0.25) is 0 Å². The van der Waals surface area contributed by atoms with E-state index in [0.717, 1.165) is 13.0 Å². The van der Waals surface area contributed by atoms with Crippen LogP contribution in [-0.2, 0) is 18.4 Å². The van der Waals surface area contributed by atoms with Crippen molar-refractivity contribution in [2.75, 3.05) is 6.54 Å². The second-order valence-corrected chi connectivity index (χ2v) is 6.54. The van der Waals surface area contributed by atoms with E-state index in [1.807, 2.05) is 0 Å². The highest BCUT2D eigenvalue weighted by Crippen LogP contribution is 2.35. The van der Waals surface area contributed by atoms with Gasteiger partial charge in [0.05, 0.1) is 5.52 Å². The van der Waals surface area contributed by atoms with Crippen LogP contribution in [-0.4, -0.2) is 11.1 Å². The van der Waals surface area contributed by atoms with Crippen molar-refractivity contribution in [2.45, 2.75) is 52.0 Å². The van der Waals surface area contributed by atoms with Crippen LogP contribution < -0.4 is 5.73 Å². The van der Waals surface area contributed by atoms with Crippen molar-refractivity contribution in [1.29, 1.82) is 0 Å². The summed E-state index contributed by atoms with van der Waals surface area (Å²) in [5.41, 5.74) is 11.8. The van der Waals surface area contributed by atoms with Crippen LogP contribution in [0.15, 0.2) is 18.2 Å². The Morgan fingerprint density at radius 2 is 2.05 bits per heavy atom. The van der Waals surface area contributed by atoms with Crippen LogP contribution in [0.1, 0.15) is 43.5 Å². The molecular weight excluding hydrogens is 232 g/mol. The molecule has 0 amide bonds. The Labute approximate surface area is 115 Å². The van der Waals surface area contributed by atoms with Gasteiger partial charge >= 0.3 is 0 Å². The summed E-state index contributed by atoms with van der Waals surface area (Å²) >= 11 is 0. The zero-order chi connectivity index (χ0) is 13.6. The van der Waals surface area contributed by atoms with E-state index in [9.17, 15) is 0 Å². The van der Waals surface area contributed by atoms with Crippen LogP contribution in [0.5, 0.6) is 0 Å². The number of nitrogens with zero attached hydrogens (tertiary/aromatic N) is 1. The summed E-state index contributed by atoms with van der Waals surface area (Å²) < 4.78 is 2.48. The molecule has 2 heterocycles. The summed E-state index contributed by atoms with van der Waals surface area (Å²) in [4.78, 5) is 0. The second kappa shape index (κ2) is 4.38. The van der Waals surface area contributed by atoms with Crippen molar-refractivity contribution < 1.29 is 0 Å². The Kier molecular flexibility index (Phi) is 2.94. The first-order valence-corrected chi connectivity index (χ1v) is 7.36. The SMILES string of the molecule is Cc1cc2cc(C(C)(C)CCN)cc3c2n1CCC3. The minimum Gasteiger partial charge on any atom is -0.345 e. The molecule has 2 N–H and O–H groups in total. The van der Waals surface area contributed by atoms with Crippen molar-refractivity contribution in [2.24, 2.45) is 5.73 Å². The maximum atomic E-state index is 5.77. The van der Waals surface area contributed by atoms with Crippen molar-refractivity contribution >= 4 is 10.9 Å². The van der Waals surface area contributed by atoms with E-state index < -0.39 is 0 Å². The smallest absolute Gasteiger partial charge is 0.0515 e. The zero-order valence-electron chi connectivity index (χ0n) is 12.3. The molecule has 1 aliphatic rings. The molecule has 0 bridgehead atoms. The lowest BCUT2D eigenvalue weighted by molar-refractivity contribution is 0.487. The number of hydrogen-bond donors (Lipinski definition) is 1. The number of aryl methyl sites for hydroxylation is 3. The van der Waals surface area contributed by atoms with E-state index in [4.69, 9.17) is 5.73 Å². The Bertz CT molecular complexity index is 620. The first kappa shape index (κ1) is 12.7. The fraction of sp³-hybridized carbons (Fsp3) is 0.529. The normalized spacial score (nSPS) is 15.2. The molecule has 0 spiro atoms. The van der Waals surface area contributed by atoms with Crippen LogP contribution in [0.25, 0.3) is 10.9 Å².